The first-order chi connectivity index (χ1) is 7.65. The summed E-state index contributed by atoms with van der Waals surface area (Å²) in [6, 6.07) is 6.26. The zero-order chi connectivity index (χ0) is 11.5. The van der Waals surface area contributed by atoms with Crippen molar-refractivity contribution in [3.63, 3.8) is 0 Å². The number of benzene rings is 1. The van der Waals surface area contributed by atoms with Gasteiger partial charge in [-0.15, -0.1) is 11.6 Å². The maximum atomic E-state index is 6.22. The Morgan fingerprint density at radius 3 is 2.88 bits per heavy atom. The number of allylic oxidation sites excluding steroid dienone is 2. The number of hydrogen-bond acceptors (Lipinski definition) is 0. The van der Waals surface area contributed by atoms with Crippen LogP contribution in [0.1, 0.15) is 30.4 Å². The van der Waals surface area contributed by atoms with Gasteiger partial charge in [0.25, 0.3) is 0 Å². The average molecular weight is 255 g/mol. The lowest BCUT2D eigenvalue weighted by molar-refractivity contribution is 0.693. The van der Waals surface area contributed by atoms with Crippen LogP contribution in [-0.2, 0) is 6.42 Å². The molecule has 0 saturated carbocycles. The molecule has 0 fully saturated rings. The Labute approximate surface area is 107 Å². The molecule has 86 valence electrons. The van der Waals surface area contributed by atoms with Crippen LogP contribution in [0.2, 0.25) is 5.02 Å². The fraction of sp³-hybridized carbons (Fsp3) is 0.429. The highest BCUT2D eigenvalue weighted by atomic mass is 35.5. The lowest BCUT2D eigenvalue weighted by Crippen LogP contribution is -2.05. The van der Waals surface area contributed by atoms with Crippen LogP contribution in [0.25, 0.3) is 0 Å². The molecule has 0 heterocycles. The normalized spacial score (nSPS) is 20.7. The van der Waals surface area contributed by atoms with Crippen LogP contribution in [0.4, 0.5) is 0 Å². The van der Waals surface area contributed by atoms with E-state index < -0.39 is 0 Å². The molecular weight excluding hydrogens is 239 g/mol. The maximum absolute atomic E-state index is 6.22. The van der Waals surface area contributed by atoms with E-state index in [4.69, 9.17) is 23.2 Å². The van der Waals surface area contributed by atoms with Crippen molar-refractivity contribution in [1.29, 1.82) is 0 Å². The van der Waals surface area contributed by atoms with E-state index in [1.165, 1.54) is 23.1 Å². The Morgan fingerprint density at radius 1 is 1.38 bits per heavy atom. The van der Waals surface area contributed by atoms with E-state index in [-0.39, 0.29) is 5.38 Å². The minimum atomic E-state index is 0.216. The molecule has 0 nitrogen and oxygen atoms in total. The van der Waals surface area contributed by atoms with E-state index in [0.717, 1.165) is 24.3 Å². The van der Waals surface area contributed by atoms with Crippen LogP contribution in [0, 0.1) is 6.92 Å². The molecule has 2 rings (SSSR count). The summed E-state index contributed by atoms with van der Waals surface area (Å²) in [6.45, 7) is 2.06. The molecule has 1 aliphatic carbocycles. The maximum Gasteiger partial charge on any atom is 0.0518 e. The summed E-state index contributed by atoms with van der Waals surface area (Å²) < 4.78 is 0. The molecule has 0 N–H and O–H groups in total. The number of hydrogen-bond donors (Lipinski definition) is 0. The Balaban J connectivity index is 2.14. The first-order valence-electron chi connectivity index (χ1n) is 5.74. The average Bonchev–Trinajstić information content (AvgIpc) is 2.22. The molecule has 0 bridgehead atoms. The zero-order valence-corrected chi connectivity index (χ0v) is 11.0. The van der Waals surface area contributed by atoms with Crippen LogP contribution in [0.15, 0.2) is 29.8 Å². The van der Waals surface area contributed by atoms with E-state index in [1.807, 2.05) is 6.07 Å². The highest BCUT2D eigenvalue weighted by Gasteiger charge is 2.12. The van der Waals surface area contributed by atoms with Gasteiger partial charge in [-0.3, -0.25) is 0 Å². The summed E-state index contributed by atoms with van der Waals surface area (Å²) in [5.74, 6) is 0. The fourth-order valence-corrected chi connectivity index (χ4v) is 2.77. The van der Waals surface area contributed by atoms with Gasteiger partial charge in [-0.25, -0.2) is 0 Å². The zero-order valence-electron chi connectivity index (χ0n) is 9.47. The van der Waals surface area contributed by atoms with Crippen molar-refractivity contribution < 1.29 is 0 Å². The minimum Gasteiger partial charge on any atom is -0.118 e. The Bertz CT molecular complexity index is 407. The van der Waals surface area contributed by atoms with Crippen molar-refractivity contribution in [2.45, 2.75) is 38.0 Å². The molecule has 1 aromatic carbocycles. The van der Waals surface area contributed by atoms with Crippen LogP contribution in [-0.4, -0.2) is 5.38 Å². The highest BCUT2D eigenvalue weighted by molar-refractivity contribution is 6.31. The molecule has 0 spiro atoms. The lowest BCUT2D eigenvalue weighted by Gasteiger charge is -2.17. The van der Waals surface area contributed by atoms with E-state index in [1.54, 1.807) is 0 Å². The van der Waals surface area contributed by atoms with Crippen molar-refractivity contribution in [3.05, 3.63) is 46.0 Å². The molecule has 2 heteroatoms. The Hall–Kier alpha value is -0.460. The van der Waals surface area contributed by atoms with Gasteiger partial charge in [0, 0.05) is 5.02 Å². The smallest absolute Gasteiger partial charge is 0.0518 e. The van der Waals surface area contributed by atoms with Gasteiger partial charge in [0.2, 0.25) is 0 Å². The van der Waals surface area contributed by atoms with Crippen molar-refractivity contribution in [2.75, 3.05) is 0 Å². The van der Waals surface area contributed by atoms with Crippen LogP contribution in [0.5, 0.6) is 0 Å². The fourth-order valence-electron chi connectivity index (χ4n) is 2.13. The van der Waals surface area contributed by atoms with Gasteiger partial charge in [-0.2, -0.15) is 0 Å². The molecule has 1 atom stereocenters. The van der Waals surface area contributed by atoms with Crippen molar-refractivity contribution in [1.82, 2.24) is 0 Å². The third kappa shape index (κ3) is 3.02. The molecule has 16 heavy (non-hydrogen) atoms. The first kappa shape index (κ1) is 12.0. The van der Waals surface area contributed by atoms with Gasteiger partial charge in [-0.05, 0) is 49.8 Å². The molecule has 1 aliphatic rings. The second kappa shape index (κ2) is 5.25. The Morgan fingerprint density at radius 2 is 2.19 bits per heavy atom. The molecule has 0 saturated heterocycles. The summed E-state index contributed by atoms with van der Waals surface area (Å²) >= 11 is 12.4. The monoisotopic (exact) mass is 254 g/mol. The lowest BCUT2D eigenvalue weighted by atomic mass is 9.93. The van der Waals surface area contributed by atoms with Gasteiger partial charge in [-0.1, -0.05) is 35.4 Å². The third-order valence-electron chi connectivity index (χ3n) is 3.02. The Kier molecular flexibility index (Phi) is 3.94. The third-order valence-corrected chi connectivity index (χ3v) is 3.72. The topological polar surface area (TPSA) is 0 Å². The summed E-state index contributed by atoms with van der Waals surface area (Å²) in [6.07, 6.45) is 6.60. The highest BCUT2D eigenvalue weighted by Crippen LogP contribution is 2.27. The van der Waals surface area contributed by atoms with E-state index in [0.29, 0.717) is 0 Å². The largest absolute Gasteiger partial charge is 0.118 e. The number of alkyl halides is 1. The second-order valence-electron chi connectivity index (χ2n) is 4.50. The number of rotatable bonds is 2. The molecular formula is C14H16Cl2. The number of halogens is 2. The molecule has 0 aromatic heterocycles. The van der Waals surface area contributed by atoms with Crippen LogP contribution >= 0.6 is 23.2 Å². The summed E-state index contributed by atoms with van der Waals surface area (Å²) in [4.78, 5) is 0. The summed E-state index contributed by atoms with van der Waals surface area (Å²) in [5.41, 5.74) is 3.85. The summed E-state index contributed by atoms with van der Waals surface area (Å²) in [5, 5.41) is 1.09. The minimum absolute atomic E-state index is 0.216. The predicted molar refractivity (Wildman–Crippen MR) is 71.5 cm³/mol. The van der Waals surface area contributed by atoms with Gasteiger partial charge >= 0.3 is 0 Å². The van der Waals surface area contributed by atoms with Gasteiger partial charge in [0.15, 0.2) is 0 Å². The van der Waals surface area contributed by atoms with Crippen molar-refractivity contribution >= 4 is 23.2 Å². The van der Waals surface area contributed by atoms with Gasteiger partial charge in [0.05, 0.1) is 5.38 Å². The number of aryl methyl sites for hydroxylation is 1. The van der Waals surface area contributed by atoms with Crippen molar-refractivity contribution in [2.24, 2.45) is 0 Å². The van der Waals surface area contributed by atoms with Gasteiger partial charge < -0.3 is 0 Å². The van der Waals surface area contributed by atoms with Crippen LogP contribution < -0.4 is 0 Å². The molecule has 1 aromatic rings. The molecule has 0 radical (unpaired) electrons. The standard InChI is InChI=1S/C14H16Cl2/c1-10-5-6-12(14(16)7-10)8-11-3-2-4-13(15)9-11/h5-7,9,13H,2-4,8H2,1H3. The SMILES string of the molecule is Cc1ccc(CC2=CC(Cl)CCC2)c(Cl)c1. The van der Waals surface area contributed by atoms with E-state index in [9.17, 15) is 0 Å². The predicted octanol–water partition coefficient (Wildman–Crippen LogP) is 4.91. The second-order valence-corrected chi connectivity index (χ2v) is 5.47. The molecule has 0 amide bonds. The quantitative estimate of drug-likeness (QED) is 0.520. The van der Waals surface area contributed by atoms with E-state index in [2.05, 4.69) is 25.1 Å². The van der Waals surface area contributed by atoms with E-state index >= 15 is 0 Å². The first-order valence-corrected chi connectivity index (χ1v) is 6.55. The molecule has 1 unspecified atom stereocenters. The van der Waals surface area contributed by atoms with Crippen LogP contribution in [0.3, 0.4) is 0 Å². The van der Waals surface area contributed by atoms with Gasteiger partial charge in [0.1, 0.15) is 0 Å². The summed E-state index contributed by atoms with van der Waals surface area (Å²) in [7, 11) is 0. The molecule has 0 aliphatic heterocycles. The van der Waals surface area contributed by atoms with Crippen molar-refractivity contribution in [3.8, 4) is 0 Å².